The molecule has 0 bridgehead atoms. The van der Waals surface area contributed by atoms with Crippen LogP contribution in [-0.4, -0.2) is 35.8 Å². The van der Waals surface area contributed by atoms with E-state index in [0.29, 0.717) is 29.3 Å². The van der Waals surface area contributed by atoms with Gasteiger partial charge in [0, 0.05) is 24.9 Å². The van der Waals surface area contributed by atoms with E-state index in [0.717, 1.165) is 29.7 Å². The Morgan fingerprint density at radius 3 is 2.65 bits per heavy atom. The van der Waals surface area contributed by atoms with E-state index in [-0.39, 0.29) is 21.8 Å². The van der Waals surface area contributed by atoms with Crippen molar-refractivity contribution in [2.75, 3.05) is 18.6 Å². The summed E-state index contributed by atoms with van der Waals surface area (Å²) in [6.07, 6.45) is 3.55. The lowest BCUT2D eigenvalue weighted by atomic mass is 10.2. The van der Waals surface area contributed by atoms with Gasteiger partial charge in [-0.3, -0.25) is 0 Å². The second-order valence-corrected chi connectivity index (χ2v) is 10.4. The number of benzene rings is 1. The molecule has 0 saturated heterocycles. The van der Waals surface area contributed by atoms with Crippen LogP contribution >= 0.6 is 23.2 Å². The molecule has 2 heterocycles. The van der Waals surface area contributed by atoms with Crippen molar-refractivity contribution in [1.82, 2.24) is 14.5 Å². The maximum atomic E-state index is 12.6. The largest absolute Gasteiger partial charge is 0.382 e. The molecule has 0 aliphatic rings. The molecule has 0 fully saturated rings. The number of nitrogen functional groups attached to an aromatic ring is 1. The Kier molecular flexibility index (Phi) is 7.47. The highest BCUT2D eigenvalue weighted by molar-refractivity contribution is 7.91. The maximum absolute atomic E-state index is 12.6. The highest BCUT2D eigenvalue weighted by Gasteiger charge is 2.20. The standard InChI is InChI=1S/C21H26Cl2N4O3S/c1-13-12-25-20(24)18-19(13)27(21(26-18)14(2)30-3)9-5-4-6-10-31(28,29)17-8-7-15(22)11-16(17)23/h7-8,11-12,14H,4-6,9-10H2,1-3H3,(H2,24,25). The van der Waals surface area contributed by atoms with Gasteiger partial charge < -0.3 is 15.0 Å². The number of fused-ring (bicyclic) bond motifs is 1. The monoisotopic (exact) mass is 484 g/mol. The van der Waals surface area contributed by atoms with E-state index in [1.165, 1.54) is 18.2 Å². The number of halogens is 2. The van der Waals surface area contributed by atoms with E-state index in [2.05, 4.69) is 14.5 Å². The molecule has 1 atom stereocenters. The molecule has 2 aromatic heterocycles. The predicted molar refractivity (Wildman–Crippen MR) is 124 cm³/mol. The van der Waals surface area contributed by atoms with Crippen LogP contribution in [0.4, 0.5) is 5.82 Å². The van der Waals surface area contributed by atoms with E-state index in [4.69, 9.17) is 33.7 Å². The highest BCUT2D eigenvalue weighted by atomic mass is 35.5. The number of unbranched alkanes of at least 4 members (excludes halogenated alkanes) is 2. The first-order chi connectivity index (χ1) is 14.7. The minimum atomic E-state index is -3.47. The number of methoxy groups -OCH3 is 1. The van der Waals surface area contributed by atoms with Gasteiger partial charge in [0.1, 0.15) is 17.4 Å². The van der Waals surface area contributed by atoms with Gasteiger partial charge in [-0.25, -0.2) is 18.4 Å². The molecule has 0 amide bonds. The minimum Gasteiger partial charge on any atom is -0.382 e. The number of hydrogen-bond acceptors (Lipinski definition) is 6. The fourth-order valence-electron chi connectivity index (χ4n) is 3.56. The predicted octanol–water partition coefficient (Wildman–Crippen LogP) is 4.98. The number of anilines is 1. The molecule has 7 nitrogen and oxygen atoms in total. The Hall–Kier alpha value is -1.87. The molecule has 1 aromatic carbocycles. The lowest BCUT2D eigenvalue weighted by Crippen LogP contribution is -2.10. The number of aromatic nitrogens is 3. The van der Waals surface area contributed by atoms with Crippen molar-refractivity contribution in [2.24, 2.45) is 0 Å². The summed E-state index contributed by atoms with van der Waals surface area (Å²) in [6.45, 7) is 4.57. The fourth-order valence-corrected chi connectivity index (χ4v) is 5.75. The number of pyridine rings is 1. The summed E-state index contributed by atoms with van der Waals surface area (Å²) in [5, 5.41) is 0.556. The SMILES string of the molecule is COC(C)c1nc2c(N)ncc(C)c2n1CCCCCS(=O)(=O)c1ccc(Cl)cc1Cl. The van der Waals surface area contributed by atoms with E-state index in [1.807, 2.05) is 13.8 Å². The molecule has 3 rings (SSSR count). The van der Waals surface area contributed by atoms with E-state index in [9.17, 15) is 8.42 Å². The quantitative estimate of drug-likeness (QED) is 0.429. The first-order valence-corrected chi connectivity index (χ1v) is 12.4. The summed E-state index contributed by atoms with van der Waals surface area (Å²) in [4.78, 5) is 8.99. The Morgan fingerprint density at radius 1 is 1.23 bits per heavy atom. The normalized spacial score (nSPS) is 13.1. The van der Waals surface area contributed by atoms with Gasteiger partial charge in [-0.2, -0.15) is 0 Å². The lowest BCUT2D eigenvalue weighted by molar-refractivity contribution is 0.109. The molecule has 1 unspecified atom stereocenters. The molecule has 31 heavy (non-hydrogen) atoms. The molecular weight excluding hydrogens is 459 g/mol. The molecular formula is C21H26Cl2N4O3S. The Bertz CT molecular complexity index is 1200. The highest BCUT2D eigenvalue weighted by Crippen LogP contribution is 2.29. The molecule has 3 aromatic rings. The third kappa shape index (κ3) is 5.14. The number of rotatable bonds is 9. The number of imidazole rings is 1. The van der Waals surface area contributed by atoms with Gasteiger partial charge in [-0.05, 0) is 50.5 Å². The molecule has 0 radical (unpaired) electrons. The summed E-state index contributed by atoms with van der Waals surface area (Å²) >= 11 is 11.9. The Morgan fingerprint density at radius 2 is 1.97 bits per heavy atom. The first-order valence-electron chi connectivity index (χ1n) is 9.97. The summed E-state index contributed by atoms with van der Waals surface area (Å²) in [6, 6.07) is 4.44. The van der Waals surface area contributed by atoms with Gasteiger partial charge in [-0.1, -0.05) is 29.6 Å². The third-order valence-electron chi connectivity index (χ3n) is 5.25. The van der Waals surface area contributed by atoms with Gasteiger partial charge in [0.15, 0.2) is 15.7 Å². The first kappa shape index (κ1) is 23.8. The van der Waals surface area contributed by atoms with Crippen LogP contribution in [0, 0.1) is 6.92 Å². The fraction of sp³-hybridized carbons (Fsp3) is 0.429. The number of nitrogens with two attached hydrogens (primary N) is 1. The van der Waals surface area contributed by atoms with Crippen molar-refractivity contribution in [2.45, 2.75) is 50.7 Å². The topological polar surface area (TPSA) is 100 Å². The average Bonchev–Trinajstić information content (AvgIpc) is 3.10. The number of ether oxygens (including phenoxy) is 1. The molecule has 10 heteroatoms. The second kappa shape index (κ2) is 9.73. The smallest absolute Gasteiger partial charge is 0.179 e. The van der Waals surface area contributed by atoms with Crippen molar-refractivity contribution in [1.29, 1.82) is 0 Å². The van der Waals surface area contributed by atoms with Crippen LogP contribution in [0.25, 0.3) is 11.0 Å². The Balaban J connectivity index is 1.70. The minimum absolute atomic E-state index is 0.0241. The number of sulfone groups is 1. The molecule has 0 spiro atoms. The summed E-state index contributed by atoms with van der Waals surface area (Å²) < 4.78 is 32.8. The van der Waals surface area contributed by atoms with E-state index >= 15 is 0 Å². The number of nitrogens with zero attached hydrogens (tertiary/aromatic N) is 3. The van der Waals surface area contributed by atoms with Gasteiger partial charge in [-0.15, -0.1) is 0 Å². The molecule has 0 saturated carbocycles. The van der Waals surface area contributed by atoms with Crippen LogP contribution in [-0.2, 0) is 21.1 Å². The van der Waals surface area contributed by atoms with Crippen molar-refractivity contribution in [3.05, 3.63) is 45.8 Å². The molecule has 168 valence electrons. The van der Waals surface area contributed by atoms with Crippen LogP contribution < -0.4 is 5.73 Å². The van der Waals surface area contributed by atoms with Crippen LogP contribution in [0.1, 0.15) is 43.7 Å². The van der Waals surface area contributed by atoms with Crippen molar-refractivity contribution >= 4 is 49.9 Å². The van der Waals surface area contributed by atoms with Crippen molar-refractivity contribution < 1.29 is 13.2 Å². The molecule has 0 aliphatic carbocycles. The summed E-state index contributed by atoms with van der Waals surface area (Å²) in [7, 11) is -1.83. The second-order valence-electron chi connectivity index (χ2n) is 7.48. The van der Waals surface area contributed by atoms with Crippen LogP contribution in [0.5, 0.6) is 0 Å². The zero-order chi connectivity index (χ0) is 22.8. The van der Waals surface area contributed by atoms with Gasteiger partial charge in [0.05, 0.1) is 21.2 Å². The van der Waals surface area contributed by atoms with Crippen molar-refractivity contribution in [3.63, 3.8) is 0 Å². The van der Waals surface area contributed by atoms with Crippen LogP contribution in [0.15, 0.2) is 29.3 Å². The number of hydrogen-bond donors (Lipinski definition) is 1. The van der Waals surface area contributed by atoms with Gasteiger partial charge >= 0.3 is 0 Å². The summed E-state index contributed by atoms with van der Waals surface area (Å²) in [5.41, 5.74) is 8.62. The lowest BCUT2D eigenvalue weighted by Gasteiger charge is -2.14. The zero-order valence-electron chi connectivity index (χ0n) is 17.7. The Labute approximate surface area is 192 Å². The van der Waals surface area contributed by atoms with Crippen LogP contribution in [0.3, 0.4) is 0 Å². The average molecular weight is 485 g/mol. The third-order valence-corrected chi connectivity index (χ3v) is 7.76. The molecule has 0 aliphatic heterocycles. The van der Waals surface area contributed by atoms with E-state index < -0.39 is 9.84 Å². The van der Waals surface area contributed by atoms with Gasteiger partial charge in [0.2, 0.25) is 0 Å². The van der Waals surface area contributed by atoms with E-state index in [1.54, 1.807) is 13.3 Å². The molecule has 2 N–H and O–H groups in total. The van der Waals surface area contributed by atoms with Gasteiger partial charge in [0.25, 0.3) is 0 Å². The van der Waals surface area contributed by atoms with Crippen molar-refractivity contribution in [3.8, 4) is 0 Å². The zero-order valence-corrected chi connectivity index (χ0v) is 20.1. The van der Waals surface area contributed by atoms with Crippen LogP contribution in [0.2, 0.25) is 10.0 Å². The number of aryl methyl sites for hydroxylation is 2. The maximum Gasteiger partial charge on any atom is 0.179 e. The summed E-state index contributed by atoms with van der Waals surface area (Å²) in [5.74, 6) is 1.19.